The van der Waals surface area contributed by atoms with E-state index < -0.39 is 11.7 Å². The van der Waals surface area contributed by atoms with Gasteiger partial charge in [0.15, 0.2) is 0 Å². The van der Waals surface area contributed by atoms with Crippen molar-refractivity contribution in [3.05, 3.63) is 50.6 Å². The minimum absolute atomic E-state index is 0.0920. The van der Waals surface area contributed by atoms with Crippen LogP contribution in [-0.2, 0) is 6.18 Å². The second kappa shape index (κ2) is 5.20. The number of hydrogen-bond donors (Lipinski definition) is 1. The molecule has 0 saturated carbocycles. The lowest BCUT2D eigenvalue weighted by atomic mass is 10.0. The third-order valence-corrected chi connectivity index (χ3v) is 3.75. The average Bonchev–Trinajstić information content (AvgIpc) is 2.32. The Bertz CT molecular complexity index is 626. The second-order valence-corrected chi connectivity index (χ2v) is 5.43. The molecule has 0 saturated heterocycles. The molecule has 0 spiro atoms. The molecule has 2 aromatic carbocycles. The van der Waals surface area contributed by atoms with Crippen molar-refractivity contribution >= 4 is 34.2 Å². The van der Waals surface area contributed by atoms with Gasteiger partial charge in [-0.1, -0.05) is 23.7 Å². The van der Waals surface area contributed by atoms with Crippen LogP contribution in [0.2, 0.25) is 5.02 Å². The van der Waals surface area contributed by atoms with E-state index in [1.807, 2.05) is 22.6 Å². The van der Waals surface area contributed by atoms with Crippen LogP contribution in [0.4, 0.5) is 13.2 Å². The predicted molar refractivity (Wildman–Crippen MR) is 76.3 cm³/mol. The zero-order valence-corrected chi connectivity index (χ0v) is 12.2. The molecular weight excluding hydrogens is 391 g/mol. The molecule has 2 aromatic rings. The summed E-state index contributed by atoms with van der Waals surface area (Å²) < 4.78 is 38.9. The number of phenolic OH excluding ortho intramolecular Hbond substituents is 1. The molecule has 1 N–H and O–H groups in total. The molecule has 2 rings (SSSR count). The van der Waals surface area contributed by atoms with E-state index in [2.05, 4.69) is 0 Å². The van der Waals surface area contributed by atoms with Crippen molar-refractivity contribution in [2.24, 2.45) is 0 Å². The summed E-state index contributed by atoms with van der Waals surface area (Å²) in [5, 5.41) is 9.08. The smallest absolute Gasteiger partial charge is 0.417 e. The summed E-state index contributed by atoms with van der Waals surface area (Å²) in [6.45, 7) is 0. The van der Waals surface area contributed by atoms with E-state index in [0.29, 0.717) is 14.7 Å². The molecule has 0 bridgehead atoms. The molecule has 0 radical (unpaired) electrons. The molecule has 0 amide bonds. The van der Waals surface area contributed by atoms with Crippen LogP contribution in [0.15, 0.2) is 36.4 Å². The summed E-state index contributed by atoms with van der Waals surface area (Å²) in [4.78, 5) is 0. The highest BCUT2D eigenvalue weighted by Crippen LogP contribution is 2.37. The van der Waals surface area contributed by atoms with Crippen molar-refractivity contribution in [3.63, 3.8) is 0 Å². The number of aromatic hydroxyl groups is 1. The second-order valence-electron chi connectivity index (χ2n) is 3.86. The molecular formula is C13H7ClF3IO. The van der Waals surface area contributed by atoms with E-state index in [-0.39, 0.29) is 10.8 Å². The fraction of sp³-hybridized carbons (Fsp3) is 0.0769. The molecule has 0 heterocycles. The van der Waals surface area contributed by atoms with Gasteiger partial charge in [0.1, 0.15) is 5.75 Å². The zero-order valence-electron chi connectivity index (χ0n) is 9.30. The van der Waals surface area contributed by atoms with Crippen molar-refractivity contribution in [2.75, 3.05) is 0 Å². The fourth-order valence-electron chi connectivity index (χ4n) is 1.61. The van der Waals surface area contributed by atoms with Crippen LogP contribution in [0.1, 0.15) is 5.56 Å². The molecule has 0 aliphatic carbocycles. The molecule has 0 fully saturated rings. The van der Waals surface area contributed by atoms with Gasteiger partial charge in [0, 0.05) is 0 Å². The number of rotatable bonds is 1. The number of hydrogen-bond acceptors (Lipinski definition) is 1. The number of halogens is 5. The van der Waals surface area contributed by atoms with Crippen LogP contribution in [0.5, 0.6) is 5.75 Å². The molecule has 0 aromatic heterocycles. The molecule has 0 atom stereocenters. The van der Waals surface area contributed by atoms with E-state index >= 15 is 0 Å². The number of phenols is 1. The van der Waals surface area contributed by atoms with E-state index in [1.165, 1.54) is 18.2 Å². The first kappa shape index (κ1) is 14.5. The van der Waals surface area contributed by atoms with Crippen LogP contribution in [-0.4, -0.2) is 5.11 Å². The zero-order chi connectivity index (χ0) is 14.2. The highest BCUT2D eigenvalue weighted by atomic mass is 127. The van der Waals surface area contributed by atoms with E-state index in [9.17, 15) is 18.3 Å². The summed E-state index contributed by atoms with van der Waals surface area (Å²) in [6, 6.07) is 8.35. The highest BCUT2D eigenvalue weighted by Gasteiger charge is 2.33. The highest BCUT2D eigenvalue weighted by molar-refractivity contribution is 14.1. The van der Waals surface area contributed by atoms with Crippen LogP contribution in [0, 0.1) is 3.57 Å². The van der Waals surface area contributed by atoms with Crippen LogP contribution in [0.3, 0.4) is 0 Å². The van der Waals surface area contributed by atoms with E-state index in [0.717, 1.165) is 6.07 Å². The van der Waals surface area contributed by atoms with E-state index in [4.69, 9.17) is 11.6 Å². The van der Waals surface area contributed by atoms with Gasteiger partial charge >= 0.3 is 6.18 Å². The van der Waals surface area contributed by atoms with Crippen molar-refractivity contribution < 1.29 is 18.3 Å². The topological polar surface area (TPSA) is 20.2 Å². The quantitative estimate of drug-likeness (QED) is 0.643. The van der Waals surface area contributed by atoms with Gasteiger partial charge in [-0.05, 0) is 58.0 Å². The SMILES string of the molecule is Oc1ccc(-c2ccc(Cl)c(C(F)(F)F)c2)cc1I. The Morgan fingerprint density at radius 1 is 1.00 bits per heavy atom. The maximum atomic E-state index is 12.8. The first-order valence-corrected chi connectivity index (χ1v) is 6.60. The molecule has 6 heteroatoms. The Kier molecular flexibility index (Phi) is 3.96. The summed E-state index contributed by atoms with van der Waals surface area (Å²) in [7, 11) is 0. The Balaban J connectivity index is 2.54. The van der Waals surface area contributed by atoms with Crippen LogP contribution >= 0.6 is 34.2 Å². The van der Waals surface area contributed by atoms with Gasteiger partial charge in [-0.15, -0.1) is 0 Å². The fourth-order valence-corrected chi connectivity index (χ4v) is 2.35. The maximum Gasteiger partial charge on any atom is 0.417 e. The van der Waals surface area contributed by atoms with Crippen molar-refractivity contribution in [3.8, 4) is 16.9 Å². The van der Waals surface area contributed by atoms with Gasteiger partial charge in [0.25, 0.3) is 0 Å². The van der Waals surface area contributed by atoms with Gasteiger partial charge in [0.2, 0.25) is 0 Å². The number of alkyl halides is 3. The lowest BCUT2D eigenvalue weighted by molar-refractivity contribution is -0.137. The summed E-state index contributed by atoms with van der Waals surface area (Å²) in [5.74, 6) is 0.0920. The van der Waals surface area contributed by atoms with Crippen molar-refractivity contribution in [1.29, 1.82) is 0 Å². The van der Waals surface area contributed by atoms with Crippen molar-refractivity contribution in [1.82, 2.24) is 0 Å². The average molecular weight is 399 g/mol. The third-order valence-electron chi connectivity index (χ3n) is 2.55. The Morgan fingerprint density at radius 3 is 2.16 bits per heavy atom. The van der Waals surface area contributed by atoms with Gasteiger partial charge in [-0.2, -0.15) is 13.2 Å². The third kappa shape index (κ3) is 3.14. The standard InChI is InChI=1S/C13H7ClF3IO/c14-10-3-1-7(5-9(10)13(15,16)17)8-2-4-12(19)11(18)6-8/h1-6,19H. The van der Waals surface area contributed by atoms with Gasteiger partial charge in [-0.25, -0.2) is 0 Å². The molecule has 0 aliphatic rings. The lowest BCUT2D eigenvalue weighted by Gasteiger charge is -2.11. The minimum Gasteiger partial charge on any atom is -0.507 e. The van der Waals surface area contributed by atoms with E-state index in [1.54, 1.807) is 12.1 Å². The van der Waals surface area contributed by atoms with Gasteiger partial charge < -0.3 is 5.11 Å². The summed E-state index contributed by atoms with van der Waals surface area (Å²) >= 11 is 7.47. The monoisotopic (exact) mass is 398 g/mol. The first-order chi connectivity index (χ1) is 8.79. The Labute approximate surface area is 126 Å². The molecule has 0 aliphatic heterocycles. The lowest BCUT2D eigenvalue weighted by Crippen LogP contribution is -2.05. The molecule has 19 heavy (non-hydrogen) atoms. The summed E-state index contributed by atoms with van der Waals surface area (Å²) in [5.41, 5.74) is 0.119. The predicted octanol–water partition coefficient (Wildman–Crippen LogP) is 5.34. The van der Waals surface area contributed by atoms with Gasteiger partial charge in [-0.3, -0.25) is 0 Å². The summed E-state index contributed by atoms with van der Waals surface area (Å²) in [6.07, 6.45) is -4.49. The first-order valence-electron chi connectivity index (χ1n) is 5.14. The van der Waals surface area contributed by atoms with Crippen molar-refractivity contribution in [2.45, 2.75) is 6.18 Å². The normalized spacial score (nSPS) is 11.6. The van der Waals surface area contributed by atoms with Gasteiger partial charge in [0.05, 0.1) is 14.2 Å². The minimum atomic E-state index is -4.49. The molecule has 0 unspecified atom stereocenters. The molecule has 1 nitrogen and oxygen atoms in total. The molecule has 100 valence electrons. The largest absolute Gasteiger partial charge is 0.507 e. The maximum absolute atomic E-state index is 12.8. The number of benzene rings is 2. The Hall–Kier alpha value is -0.950. The van der Waals surface area contributed by atoms with Crippen LogP contribution < -0.4 is 0 Å². The van der Waals surface area contributed by atoms with Crippen LogP contribution in [0.25, 0.3) is 11.1 Å². The Morgan fingerprint density at radius 2 is 1.58 bits per heavy atom.